The third-order valence-corrected chi connectivity index (χ3v) is 4.20. The van der Waals surface area contributed by atoms with Gasteiger partial charge in [0.25, 0.3) is 0 Å². The number of halogens is 1. The molecule has 0 aliphatic carbocycles. The van der Waals surface area contributed by atoms with E-state index in [4.69, 9.17) is 9.84 Å². The molecule has 26 heavy (non-hydrogen) atoms. The van der Waals surface area contributed by atoms with Crippen molar-refractivity contribution in [2.75, 3.05) is 6.61 Å². The molecule has 1 unspecified atom stereocenters. The quantitative estimate of drug-likeness (QED) is 0.556. The lowest BCUT2D eigenvalue weighted by atomic mass is 10.0. The van der Waals surface area contributed by atoms with Gasteiger partial charge in [0, 0.05) is 17.3 Å². The zero-order chi connectivity index (χ0) is 17.9. The number of hydrogen-bond donors (Lipinski definition) is 2. The number of H-pyrrole nitrogens is 1. The number of nitrogens with zero attached hydrogens (tertiary/aromatic N) is 1. The van der Waals surface area contributed by atoms with Gasteiger partial charge in [0.15, 0.2) is 0 Å². The van der Waals surface area contributed by atoms with Crippen molar-refractivity contribution in [2.45, 2.75) is 6.36 Å². The van der Waals surface area contributed by atoms with Gasteiger partial charge in [-0.15, -0.1) is 0 Å². The van der Waals surface area contributed by atoms with Gasteiger partial charge < -0.3 is 14.8 Å². The molecular formula is C21H17FN2O2. The van der Waals surface area contributed by atoms with Crippen molar-refractivity contribution in [1.29, 1.82) is 0 Å². The van der Waals surface area contributed by atoms with Gasteiger partial charge in [-0.05, 0) is 41.0 Å². The molecule has 5 heteroatoms. The Labute approximate surface area is 149 Å². The fraction of sp³-hybridized carbons (Fsp3) is 0.0952. The van der Waals surface area contributed by atoms with E-state index in [-0.39, 0.29) is 6.61 Å². The second-order valence-corrected chi connectivity index (χ2v) is 5.99. The van der Waals surface area contributed by atoms with E-state index in [0.29, 0.717) is 5.75 Å². The number of fused-ring (bicyclic) bond motifs is 1. The standard InChI is InChI=1S/C21H17FN2O2/c22-21(25)13-26-18-7-5-15(6-8-18)14-1-3-16(4-2-14)19-11-17-9-10-23-12-20(17)24-19/h1-12,21,24-25H,13H2. The topological polar surface area (TPSA) is 58.1 Å². The molecule has 0 bridgehead atoms. The molecule has 4 aromatic rings. The molecular weight excluding hydrogens is 331 g/mol. The Balaban J connectivity index is 1.53. The molecule has 130 valence electrons. The van der Waals surface area contributed by atoms with E-state index in [9.17, 15) is 4.39 Å². The van der Waals surface area contributed by atoms with E-state index in [1.807, 2.05) is 24.4 Å². The van der Waals surface area contributed by atoms with E-state index < -0.39 is 6.36 Å². The van der Waals surface area contributed by atoms with Crippen molar-refractivity contribution in [3.8, 4) is 28.1 Å². The molecule has 0 spiro atoms. The molecule has 2 heterocycles. The molecule has 0 aliphatic heterocycles. The van der Waals surface area contributed by atoms with Crippen molar-refractivity contribution in [3.63, 3.8) is 0 Å². The second kappa shape index (κ2) is 6.98. The first-order chi connectivity index (χ1) is 12.7. The Hall–Kier alpha value is -3.18. The van der Waals surface area contributed by atoms with Crippen LogP contribution < -0.4 is 4.74 Å². The van der Waals surface area contributed by atoms with Crippen LogP contribution in [0.15, 0.2) is 73.1 Å². The van der Waals surface area contributed by atoms with Gasteiger partial charge in [-0.3, -0.25) is 4.98 Å². The molecule has 2 aromatic carbocycles. The normalized spacial score (nSPS) is 12.2. The van der Waals surface area contributed by atoms with Gasteiger partial charge in [-0.2, -0.15) is 0 Å². The van der Waals surface area contributed by atoms with E-state index in [2.05, 4.69) is 40.3 Å². The molecule has 1 atom stereocenters. The zero-order valence-electron chi connectivity index (χ0n) is 13.9. The number of aromatic nitrogens is 2. The Morgan fingerprint density at radius 3 is 2.27 bits per heavy atom. The first-order valence-electron chi connectivity index (χ1n) is 8.27. The smallest absolute Gasteiger partial charge is 0.230 e. The number of hydrogen-bond acceptors (Lipinski definition) is 3. The van der Waals surface area contributed by atoms with Gasteiger partial charge in [0.1, 0.15) is 12.4 Å². The minimum atomic E-state index is -1.97. The maximum absolute atomic E-state index is 12.4. The molecule has 0 saturated carbocycles. The SMILES string of the molecule is OC(F)COc1ccc(-c2ccc(-c3cc4ccncc4[nH]3)cc2)cc1. The molecule has 4 rings (SSSR count). The highest BCUT2D eigenvalue weighted by atomic mass is 19.1. The molecule has 4 nitrogen and oxygen atoms in total. The predicted molar refractivity (Wildman–Crippen MR) is 99.6 cm³/mol. The molecule has 0 saturated heterocycles. The highest BCUT2D eigenvalue weighted by molar-refractivity contribution is 5.85. The lowest BCUT2D eigenvalue weighted by Crippen LogP contribution is -2.11. The minimum Gasteiger partial charge on any atom is -0.488 e. The molecule has 0 fully saturated rings. The summed E-state index contributed by atoms with van der Waals surface area (Å²) in [5, 5.41) is 9.75. The number of alkyl halides is 1. The first kappa shape index (κ1) is 16.3. The summed E-state index contributed by atoms with van der Waals surface area (Å²) in [7, 11) is 0. The summed E-state index contributed by atoms with van der Waals surface area (Å²) in [4.78, 5) is 7.50. The summed E-state index contributed by atoms with van der Waals surface area (Å²) in [5.41, 5.74) is 5.27. The lowest BCUT2D eigenvalue weighted by molar-refractivity contribution is 0.00113. The van der Waals surface area contributed by atoms with Crippen LogP contribution in [0.3, 0.4) is 0 Å². The van der Waals surface area contributed by atoms with Gasteiger partial charge >= 0.3 is 0 Å². The first-order valence-corrected chi connectivity index (χ1v) is 8.27. The number of ether oxygens (including phenoxy) is 1. The number of aromatic amines is 1. The van der Waals surface area contributed by atoms with Crippen LogP contribution in [0.5, 0.6) is 5.75 Å². The number of benzene rings is 2. The Morgan fingerprint density at radius 1 is 0.962 bits per heavy atom. The fourth-order valence-electron chi connectivity index (χ4n) is 2.88. The Bertz CT molecular complexity index is 975. The van der Waals surface area contributed by atoms with Crippen LogP contribution in [0.1, 0.15) is 0 Å². The highest BCUT2D eigenvalue weighted by Gasteiger charge is 2.05. The zero-order valence-corrected chi connectivity index (χ0v) is 13.9. The average Bonchev–Trinajstić information content (AvgIpc) is 3.11. The van der Waals surface area contributed by atoms with E-state index >= 15 is 0 Å². The largest absolute Gasteiger partial charge is 0.488 e. The van der Waals surface area contributed by atoms with Crippen molar-refractivity contribution in [3.05, 3.63) is 73.1 Å². The Morgan fingerprint density at radius 2 is 1.62 bits per heavy atom. The van der Waals surface area contributed by atoms with Crippen LogP contribution in [-0.4, -0.2) is 28.0 Å². The van der Waals surface area contributed by atoms with Crippen LogP contribution >= 0.6 is 0 Å². The van der Waals surface area contributed by atoms with Crippen LogP contribution in [-0.2, 0) is 0 Å². The van der Waals surface area contributed by atoms with E-state index in [1.165, 1.54) is 0 Å². The maximum atomic E-state index is 12.4. The second-order valence-electron chi connectivity index (χ2n) is 5.99. The Kier molecular flexibility index (Phi) is 4.37. The number of aliphatic hydroxyl groups excluding tert-OH is 1. The van der Waals surface area contributed by atoms with Gasteiger partial charge in [-0.25, -0.2) is 4.39 Å². The molecule has 0 aliphatic rings. The average molecular weight is 348 g/mol. The van der Waals surface area contributed by atoms with Gasteiger partial charge in [-0.1, -0.05) is 36.4 Å². The van der Waals surface area contributed by atoms with Crippen molar-refractivity contribution < 1.29 is 14.2 Å². The monoisotopic (exact) mass is 348 g/mol. The van der Waals surface area contributed by atoms with Crippen molar-refractivity contribution in [1.82, 2.24) is 9.97 Å². The summed E-state index contributed by atoms with van der Waals surface area (Å²) in [5.74, 6) is 0.522. The molecule has 0 amide bonds. The highest BCUT2D eigenvalue weighted by Crippen LogP contribution is 2.27. The van der Waals surface area contributed by atoms with Crippen LogP contribution in [0.2, 0.25) is 0 Å². The maximum Gasteiger partial charge on any atom is 0.230 e. The summed E-state index contributed by atoms with van der Waals surface area (Å²) in [6.45, 7) is -0.367. The van der Waals surface area contributed by atoms with Crippen LogP contribution in [0, 0.1) is 0 Å². The summed E-state index contributed by atoms with van der Waals surface area (Å²) in [6, 6.07) is 19.7. The number of nitrogens with one attached hydrogen (secondary N) is 1. The third kappa shape index (κ3) is 3.43. The van der Waals surface area contributed by atoms with Gasteiger partial charge in [0.05, 0.1) is 11.7 Å². The number of aliphatic hydroxyl groups is 1. The summed E-state index contributed by atoms with van der Waals surface area (Å²) in [6.07, 6.45) is 1.63. The van der Waals surface area contributed by atoms with E-state index in [1.54, 1.807) is 18.3 Å². The number of pyridine rings is 1. The van der Waals surface area contributed by atoms with Crippen molar-refractivity contribution in [2.24, 2.45) is 0 Å². The lowest BCUT2D eigenvalue weighted by Gasteiger charge is -2.08. The molecule has 0 radical (unpaired) electrons. The van der Waals surface area contributed by atoms with Crippen LogP contribution in [0.4, 0.5) is 4.39 Å². The molecule has 2 N–H and O–H groups in total. The number of rotatable bonds is 5. The van der Waals surface area contributed by atoms with Crippen LogP contribution in [0.25, 0.3) is 33.3 Å². The summed E-state index contributed by atoms with van der Waals surface area (Å²) >= 11 is 0. The summed E-state index contributed by atoms with van der Waals surface area (Å²) < 4.78 is 17.5. The van der Waals surface area contributed by atoms with Crippen molar-refractivity contribution >= 4 is 10.9 Å². The minimum absolute atomic E-state index is 0.367. The van der Waals surface area contributed by atoms with E-state index in [0.717, 1.165) is 33.3 Å². The molecule has 2 aromatic heterocycles. The van der Waals surface area contributed by atoms with Gasteiger partial charge in [0.2, 0.25) is 6.36 Å². The fourth-order valence-corrected chi connectivity index (χ4v) is 2.88. The third-order valence-electron chi connectivity index (χ3n) is 4.20. The predicted octanol–water partition coefficient (Wildman–Crippen LogP) is 4.56.